The first kappa shape index (κ1) is 12.1. The number of Topliss-reactive ketones (excluding diaryl/α,β-unsaturated/α-hetero) is 1. The highest BCUT2D eigenvalue weighted by molar-refractivity contribution is 5.86. The maximum absolute atomic E-state index is 13.1. The Balaban J connectivity index is 1.64. The van der Waals surface area contributed by atoms with Crippen LogP contribution in [0.2, 0.25) is 0 Å². The van der Waals surface area contributed by atoms with Gasteiger partial charge in [-0.1, -0.05) is 42.5 Å². The van der Waals surface area contributed by atoms with E-state index in [9.17, 15) is 9.18 Å². The molecule has 0 spiro atoms. The third-order valence-electron chi connectivity index (χ3n) is 3.70. The summed E-state index contributed by atoms with van der Waals surface area (Å²) < 4.78 is 13.1. The fraction of sp³-hybridized carbons (Fsp3) is 0.235. The van der Waals surface area contributed by atoms with Gasteiger partial charge in [-0.15, -0.1) is 0 Å². The molecule has 2 aromatic carbocycles. The summed E-state index contributed by atoms with van der Waals surface area (Å²) in [5.41, 5.74) is 2.00. The minimum Gasteiger partial charge on any atom is -0.299 e. The van der Waals surface area contributed by atoms with E-state index in [1.54, 1.807) is 12.1 Å². The van der Waals surface area contributed by atoms with Crippen LogP contribution in [0.1, 0.15) is 23.5 Å². The van der Waals surface area contributed by atoms with Gasteiger partial charge in [-0.2, -0.15) is 0 Å². The van der Waals surface area contributed by atoms with E-state index in [1.807, 2.05) is 18.2 Å². The predicted octanol–water partition coefficient (Wildman–Crippen LogP) is 3.74. The Kier molecular flexibility index (Phi) is 3.16. The molecule has 0 heterocycles. The number of hydrogen-bond acceptors (Lipinski definition) is 1. The standard InChI is InChI=1S/C17H15FO/c18-14-8-4-5-12(9-14)10-17(19)16-11-15(16)13-6-2-1-3-7-13/h1-9,15-16H,10-11H2. The van der Waals surface area contributed by atoms with E-state index in [-0.39, 0.29) is 17.5 Å². The fourth-order valence-corrected chi connectivity index (χ4v) is 2.60. The molecule has 3 rings (SSSR count). The van der Waals surface area contributed by atoms with Crippen molar-refractivity contribution in [2.75, 3.05) is 0 Å². The van der Waals surface area contributed by atoms with Gasteiger partial charge in [-0.3, -0.25) is 4.79 Å². The molecule has 0 radical (unpaired) electrons. The van der Waals surface area contributed by atoms with Crippen LogP contribution in [-0.4, -0.2) is 5.78 Å². The van der Waals surface area contributed by atoms with Crippen LogP contribution in [0.4, 0.5) is 4.39 Å². The Morgan fingerprint density at radius 1 is 1.11 bits per heavy atom. The molecule has 0 N–H and O–H groups in total. The Hall–Kier alpha value is -1.96. The minimum absolute atomic E-state index is 0.116. The predicted molar refractivity (Wildman–Crippen MR) is 72.4 cm³/mol. The van der Waals surface area contributed by atoms with E-state index in [1.165, 1.54) is 17.7 Å². The van der Waals surface area contributed by atoms with Gasteiger partial charge in [-0.25, -0.2) is 4.39 Å². The van der Waals surface area contributed by atoms with Crippen LogP contribution >= 0.6 is 0 Å². The molecule has 0 aromatic heterocycles. The van der Waals surface area contributed by atoms with E-state index in [0.717, 1.165) is 12.0 Å². The largest absolute Gasteiger partial charge is 0.299 e. The van der Waals surface area contributed by atoms with Crippen molar-refractivity contribution in [2.24, 2.45) is 5.92 Å². The van der Waals surface area contributed by atoms with E-state index in [2.05, 4.69) is 12.1 Å². The van der Waals surface area contributed by atoms with Crippen LogP contribution in [-0.2, 0) is 11.2 Å². The second-order valence-corrected chi connectivity index (χ2v) is 5.13. The van der Waals surface area contributed by atoms with Crippen LogP contribution < -0.4 is 0 Å². The fourth-order valence-electron chi connectivity index (χ4n) is 2.60. The van der Waals surface area contributed by atoms with E-state index in [0.29, 0.717) is 12.3 Å². The Morgan fingerprint density at radius 3 is 2.63 bits per heavy atom. The molecular formula is C17H15FO. The van der Waals surface area contributed by atoms with Gasteiger partial charge in [0.05, 0.1) is 0 Å². The lowest BCUT2D eigenvalue weighted by Gasteiger charge is -2.02. The summed E-state index contributed by atoms with van der Waals surface area (Å²) in [7, 11) is 0. The lowest BCUT2D eigenvalue weighted by Crippen LogP contribution is -2.06. The van der Waals surface area contributed by atoms with Gasteiger partial charge < -0.3 is 0 Å². The van der Waals surface area contributed by atoms with Gasteiger partial charge in [0.25, 0.3) is 0 Å². The van der Waals surface area contributed by atoms with Crippen molar-refractivity contribution >= 4 is 5.78 Å². The van der Waals surface area contributed by atoms with Gasteiger partial charge in [-0.05, 0) is 35.6 Å². The maximum atomic E-state index is 13.1. The smallest absolute Gasteiger partial charge is 0.140 e. The lowest BCUT2D eigenvalue weighted by atomic mass is 10.0. The second kappa shape index (κ2) is 4.96. The number of carbonyl (C=O) groups excluding carboxylic acids is 1. The molecule has 96 valence electrons. The second-order valence-electron chi connectivity index (χ2n) is 5.13. The van der Waals surface area contributed by atoms with E-state index in [4.69, 9.17) is 0 Å². The van der Waals surface area contributed by atoms with Gasteiger partial charge in [0, 0.05) is 12.3 Å². The SMILES string of the molecule is O=C(Cc1cccc(F)c1)C1CC1c1ccccc1. The maximum Gasteiger partial charge on any atom is 0.140 e. The topological polar surface area (TPSA) is 17.1 Å². The summed E-state index contributed by atoms with van der Waals surface area (Å²) >= 11 is 0. The van der Waals surface area contributed by atoms with Crippen LogP contribution in [0.5, 0.6) is 0 Å². The van der Waals surface area contributed by atoms with Gasteiger partial charge >= 0.3 is 0 Å². The molecule has 0 bridgehead atoms. The number of ketones is 1. The van der Waals surface area contributed by atoms with Crippen LogP contribution in [0, 0.1) is 11.7 Å². The first-order valence-corrected chi connectivity index (χ1v) is 6.56. The molecule has 0 aliphatic heterocycles. The summed E-state index contributed by atoms with van der Waals surface area (Å²) in [5.74, 6) is 0.424. The summed E-state index contributed by atoms with van der Waals surface area (Å²) in [6, 6.07) is 16.4. The summed E-state index contributed by atoms with van der Waals surface area (Å²) in [6.45, 7) is 0. The normalized spacial score (nSPS) is 21.1. The molecule has 2 unspecified atom stereocenters. The molecular weight excluding hydrogens is 239 g/mol. The zero-order chi connectivity index (χ0) is 13.2. The quantitative estimate of drug-likeness (QED) is 0.812. The zero-order valence-electron chi connectivity index (χ0n) is 10.6. The third-order valence-corrected chi connectivity index (χ3v) is 3.70. The van der Waals surface area contributed by atoms with Gasteiger partial charge in [0.2, 0.25) is 0 Å². The van der Waals surface area contributed by atoms with Crippen molar-refractivity contribution in [1.82, 2.24) is 0 Å². The molecule has 1 saturated carbocycles. The van der Waals surface area contributed by atoms with Crippen molar-refractivity contribution < 1.29 is 9.18 Å². The van der Waals surface area contributed by atoms with Crippen molar-refractivity contribution in [1.29, 1.82) is 0 Å². The molecule has 0 saturated heterocycles. The molecule has 2 aromatic rings. The number of carbonyl (C=O) groups is 1. The highest BCUT2D eigenvalue weighted by atomic mass is 19.1. The molecule has 1 aliphatic carbocycles. The van der Waals surface area contributed by atoms with E-state index < -0.39 is 0 Å². The average Bonchev–Trinajstić information content (AvgIpc) is 3.20. The molecule has 1 aliphatic rings. The Morgan fingerprint density at radius 2 is 1.89 bits per heavy atom. The van der Waals surface area contributed by atoms with Crippen molar-refractivity contribution in [3.8, 4) is 0 Å². The molecule has 2 heteroatoms. The molecule has 19 heavy (non-hydrogen) atoms. The Labute approximate surface area is 112 Å². The van der Waals surface area contributed by atoms with Crippen molar-refractivity contribution in [3.63, 3.8) is 0 Å². The van der Waals surface area contributed by atoms with Crippen LogP contribution in [0.25, 0.3) is 0 Å². The molecule has 1 nitrogen and oxygen atoms in total. The molecule has 0 amide bonds. The minimum atomic E-state index is -0.277. The van der Waals surface area contributed by atoms with Crippen LogP contribution in [0.15, 0.2) is 54.6 Å². The monoisotopic (exact) mass is 254 g/mol. The number of hydrogen-bond donors (Lipinski definition) is 0. The molecule has 2 atom stereocenters. The van der Waals surface area contributed by atoms with Gasteiger partial charge in [0.15, 0.2) is 0 Å². The van der Waals surface area contributed by atoms with Crippen molar-refractivity contribution in [2.45, 2.75) is 18.8 Å². The lowest BCUT2D eigenvalue weighted by molar-refractivity contribution is -0.119. The summed E-state index contributed by atoms with van der Waals surface area (Å²) in [4.78, 5) is 12.1. The number of halogens is 1. The first-order valence-electron chi connectivity index (χ1n) is 6.56. The van der Waals surface area contributed by atoms with Crippen LogP contribution in [0.3, 0.4) is 0 Å². The van der Waals surface area contributed by atoms with Gasteiger partial charge in [0.1, 0.15) is 11.6 Å². The van der Waals surface area contributed by atoms with Crippen molar-refractivity contribution in [3.05, 3.63) is 71.5 Å². The first-order chi connectivity index (χ1) is 9.24. The summed E-state index contributed by atoms with van der Waals surface area (Å²) in [5, 5.41) is 0. The average molecular weight is 254 g/mol. The number of rotatable bonds is 4. The number of benzene rings is 2. The third kappa shape index (κ3) is 2.73. The highest BCUT2D eigenvalue weighted by Gasteiger charge is 2.43. The van der Waals surface area contributed by atoms with E-state index >= 15 is 0 Å². The highest BCUT2D eigenvalue weighted by Crippen LogP contribution is 2.48. The summed E-state index contributed by atoms with van der Waals surface area (Å²) in [6.07, 6.45) is 1.27. The zero-order valence-corrected chi connectivity index (χ0v) is 10.6. The Bertz CT molecular complexity index is 591. The molecule has 1 fully saturated rings.